The van der Waals surface area contributed by atoms with Gasteiger partial charge in [0.05, 0.1) is 0 Å². The molecule has 104 valence electrons. The summed E-state index contributed by atoms with van der Waals surface area (Å²) in [5.74, 6) is -0.870. The van der Waals surface area contributed by atoms with Crippen LogP contribution in [0.3, 0.4) is 0 Å². The second-order valence-electron chi connectivity index (χ2n) is 4.41. The molecule has 4 heteroatoms. The lowest BCUT2D eigenvalue weighted by atomic mass is 10.0. The van der Waals surface area contributed by atoms with Crippen LogP contribution in [0.1, 0.15) is 52.4 Å². The zero-order valence-electron chi connectivity index (χ0n) is 11.6. The Morgan fingerprint density at radius 3 is 0.889 bits per heavy atom. The van der Waals surface area contributed by atoms with Crippen LogP contribution in [0.2, 0.25) is 0 Å². The third kappa shape index (κ3) is 16.8. The van der Waals surface area contributed by atoms with Crippen LogP contribution in [0.25, 0.3) is 0 Å². The van der Waals surface area contributed by atoms with Crippen molar-refractivity contribution in [3.8, 4) is 0 Å². The number of rotatable bonds is 2. The first-order valence-corrected chi connectivity index (χ1v) is 6.19. The van der Waals surface area contributed by atoms with Gasteiger partial charge < -0.3 is 11.5 Å². The molecular weight excluding hydrogens is 228 g/mol. The summed E-state index contributed by atoms with van der Waals surface area (Å²) in [5, 5.41) is 0. The van der Waals surface area contributed by atoms with Crippen molar-refractivity contribution in [2.45, 2.75) is 52.4 Å². The van der Waals surface area contributed by atoms with E-state index in [1.54, 1.807) is 13.8 Å². The standard InChI is InChI=1S/C6H12.2C4H7NO/c1-2-4-6-5-3-1;2*1-3(2)4(5)6/h1-6H2;2*1H2,2H3,(H2,5,6). The highest BCUT2D eigenvalue weighted by Crippen LogP contribution is 2.15. The lowest BCUT2D eigenvalue weighted by molar-refractivity contribution is -0.115. The molecule has 0 aromatic carbocycles. The molecule has 4 nitrogen and oxygen atoms in total. The quantitative estimate of drug-likeness (QED) is 0.741. The second-order valence-corrected chi connectivity index (χ2v) is 4.41. The minimum atomic E-state index is -0.435. The largest absolute Gasteiger partial charge is 0.366 e. The Morgan fingerprint density at radius 2 is 0.833 bits per heavy atom. The van der Waals surface area contributed by atoms with E-state index in [1.165, 1.54) is 38.5 Å². The van der Waals surface area contributed by atoms with Crippen LogP contribution < -0.4 is 11.5 Å². The van der Waals surface area contributed by atoms with Crippen LogP contribution >= 0.6 is 0 Å². The Labute approximate surface area is 110 Å². The van der Waals surface area contributed by atoms with Crippen molar-refractivity contribution in [2.75, 3.05) is 0 Å². The van der Waals surface area contributed by atoms with Crippen LogP contribution in [0.4, 0.5) is 0 Å². The van der Waals surface area contributed by atoms with E-state index >= 15 is 0 Å². The molecule has 0 heterocycles. The van der Waals surface area contributed by atoms with E-state index in [4.69, 9.17) is 11.5 Å². The van der Waals surface area contributed by atoms with Crippen molar-refractivity contribution in [1.82, 2.24) is 0 Å². The SMILES string of the molecule is C1CCCCC1.C=C(C)C(N)=O.C=C(C)C(N)=O. The molecule has 0 atom stereocenters. The van der Waals surface area contributed by atoms with Gasteiger partial charge in [-0.25, -0.2) is 0 Å². The molecule has 1 aliphatic carbocycles. The summed E-state index contributed by atoms with van der Waals surface area (Å²) in [7, 11) is 0. The fraction of sp³-hybridized carbons (Fsp3) is 0.571. The predicted molar refractivity (Wildman–Crippen MR) is 75.7 cm³/mol. The Balaban J connectivity index is 0. The lowest BCUT2D eigenvalue weighted by Gasteiger charge is -2.05. The van der Waals surface area contributed by atoms with E-state index in [1.807, 2.05) is 0 Å². The van der Waals surface area contributed by atoms with Crippen molar-refractivity contribution in [3.05, 3.63) is 24.3 Å². The first-order valence-electron chi connectivity index (χ1n) is 6.19. The molecular formula is C14H26N2O2. The van der Waals surface area contributed by atoms with E-state index in [2.05, 4.69) is 13.2 Å². The van der Waals surface area contributed by atoms with Crippen molar-refractivity contribution in [2.24, 2.45) is 11.5 Å². The predicted octanol–water partition coefficient (Wildman–Crippen LogP) is 2.44. The van der Waals surface area contributed by atoms with Crippen LogP contribution in [0, 0.1) is 0 Å². The van der Waals surface area contributed by atoms with Gasteiger partial charge in [-0.2, -0.15) is 0 Å². The summed E-state index contributed by atoms with van der Waals surface area (Å²) >= 11 is 0. The van der Waals surface area contributed by atoms with Crippen LogP contribution in [-0.4, -0.2) is 11.8 Å². The van der Waals surface area contributed by atoms with Crippen LogP contribution in [-0.2, 0) is 9.59 Å². The molecule has 1 aliphatic rings. The van der Waals surface area contributed by atoms with Crippen molar-refractivity contribution in [3.63, 3.8) is 0 Å². The van der Waals surface area contributed by atoms with Gasteiger partial charge in [0.2, 0.25) is 11.8 Å². The highest BCUT2D eigenvalue weighted by molar-refractivity contribution is 5.90. The zero-order chi connectivity index (χ0) is 14.6. The Hall–Kier alpha value is -1.58. The van der Waals surface area contributed by atoms with Crippen molar-refractivity contribution >= 4 is 11.8 Å². The maximum Gasteiger partial charge on any atom is 0.243 e. The van der Waals surface area contributed by atoms with Gasteiger partial charge in [0.25, 0.3) is 0 Å². The third-order valence-corrected chi connectivity index (χ3v) is 2.34. The fourth-order valence-electron chi connectivity index (χ4n) is 1.06. The zero-order valence-corrected chi connectivity index (χ0v) is 11.6. The number of primary amides is 2. The normalized spacial score (nSPS) is 13.0. The minimum absolute atomic E-state index is 0.398. The third-order valence-electron chi connectivity index (χ3n) is 2.34. The molecule has 0 aliphatic heterocycles. The van der Waals surface area contributed by atoms with Crippen LogP contribution in [0.15, 0.2) is 24.3 Å². The average molecular weight is 254 g/mol. The van der Waals surface area contributed by atoms with E-state index in [0.29, 0.717) is 11.1 Å². The molecule has 0 aromatic heterocycles. The minimum Gasteiger partial charge on any atom is -0.366 e. The molecule has 18 heavy (non-hydrogen) atoms. The number of carbonyl (C=O) groups excluding carboxylic acids is 2. The molecule has 1 saturated carbocycles. The molecule has 0 radical (unpaired) electrons. The van der Waals surface area contributed by atoms with Crippen molar-refractivity contribution in [1.29, 1.82) is 0 Å². The first kappa shape index (κ1) is 18.8. The number of carbonyl (C=O) groups is 2. The molecule has 2 amide bonds. The van der Waals surface area contributed by atoms with Crippen molar-refractivity contribution < 1.29 is 9.59 Å². The number of amides is 2. The van der Waals surface area contributed by atoms with E-state index in [-0.39, 0.29) is 0 Å². The summed E-state index contributed by atoms with van der Waals surface area (Å²) in [6.45, 7) is 9.70. The molecule has 0 unspecified atom stereocenters. The summed E-state index contributed by atoms with van der Waals surface area (Å²) in [4.78, 5) is 19.6. The lowest BCUT2D eigenvalue weighted by Crippen LogP contribution is -2.10. The second kappa shape index (κ2) is 11.9. The Morgan fingerprint density at radius 1 is 0.722 bits per heavy atom. The molecule has 0 spiro atoms. The highest BCUT2D eigenvalue weighted by atomic mass is 16.1. The fourth-order valence-corrected chi connectivity index (χ4v) is 1.06. The monoisotopic (exact) mass is 254 g/mol. The van der Waals surface area contributed by atoms with Gasteiger partial charge in [-0.05, 0) is 13.8 Å². The average Bonchev–Trinajstić information content (AvgIpc) is 2.32. The Bertz CT molecular complexity index is 233. The number of hydrogen-bond donors (Lipinski definition) is 2. The highest BCUT2D eigenvalue weighted by Gasteiger charge is 1.95. The first-order chi connectivity index (χ1) is 8.29. The molecule has 4 N–H and O–H groups in total. The maximum atomic E-state index is 9.82. The van der Waals surface area contributed by atoms with Gasteiger partial charge in [0, 0.05) is 11.1 Å². The van der Waals surface area contributed by atoms with Gasteiger partial charge in [0.15, 0.2) is 0 Å². The number of nitrogens with two attached hydrogens (primary N) is 2. The van der Waals surface area contributed by atoms with Gasteiger partial charge in [-0.3, -0.25) is 9.59 Å². The van der Waals surface area contributed by atoms with E-state index in [0.717, 1.165) is 0 Å². The van der Waals surface area contributed by atoms with E-state index < -0.39 is 11.8 Å². The molecule has 0 bridgehead atoms. The summed E-state index contributed by atoms with van der Waals surface area (Å²) in [6.07, 6.45) is 9.00. The molecule has 1 fully saturated rings. The van der Waals surface area contributed by atoms with Gasteiger partial charge >= 0.3 is 0 Å². The van der Waals surface area contributed by atoms with E-state index in [9.17, 15) is 9.59 Å². The molecule has 0 aromatic rings. The summed E-state index contributed by atoms with van der Waals surface area (Å²) in [5.41, 5.74) is 10.2. The summed E-state index contributed by atoms with van der Waals surface area (Å²) < 4.78 is 0. The maximum absolute atomic E-state index is 9.82. The van der Waals surface area contributed by atoms with Crippen LogP contribution in [0.5, 0.6) is 0 Å². The van der Waals surface area contributed by atoms with Gasteiger partial charge in [-0.1, -0.05) is 51.7 Å². The Kier molecular flexibility index (Phi) is 12.4. The summed E-state index contributed by atoms with van der Waals surface area (Å²) in [6, 6.07) is 0. The topological polar surface area (TPSA) is 86.2 Å². The smallest absolute Gasteiger partial charge is 0.243 e. The molecule has 1 rings (SSSR count). The molecule has 0 saturated heterocycles. The number of hydrogen-bond acceptors (Lipinski definition) is 2. The van der Waals surface area contributed by atoms with Gasteiger partial charge in [0.1, 0.15) is 0 Å². The van der Waals surface area contributed by atoms with Gasteiger partial charge in [-0.15, -0.1) is 0 Å².